The molecular formula is C10H18O3S. The van der Waals surface area contributed by atoms with E-state index in [9.17, 15) is 13.2 Å². The van der Waals surface area contributed by atoms with E-state index in [1.807, 2.05) is 0 Å². The summed E-state index contributed by atoms with van der Waals surface area (Å²) in [4.78, 5) is 10.9. The summed E-state index contributed by atoms with van der Waals surface area (Å²) in [6, 6.07) is 0. The number of hydrogen-bond acceptors (Lipinski definition) is 3. The summed E-state index contributed by atoms with van der Waals surface area (Å²) in [7, 11) is -2.91. The molecule has 2 unspecified atom stereocenters. The summed E-state index contributed by atoms with van der Waals surface area (Å²) < 4.78 is 22.7. The Hall–Kier alpha value is -0.380. The van der Waals surface area contributed by atoms with E-state index in [4.69, 9.17) is 0 Å². The molecule has 0 N–H and O–H groups in total. The first-order valence-electron chi connectivity index (χ1n) is 5.08. The van der Waals surface area contributed by atoms with E-state index in [1.165, 1.54) is 6.26 Å². The van der Waals surface area contributed by atoms with E-state index in [0.29, 0.717) is 18.8 Å². The molecule has 3 nitrogen and oxygen atoms in total. The minimum absolute atomic E-state index is 0.171. The smallest absolute Gasteiger partial charge is 0.150 e. The molecule has 1 aliphatic rings. The monoisotopic (exact) mass is 218 g/mol. The average Bonchev–Trinajstić information content (AvgIpc) is 2.01. The van der Waals surface area contributed by atoms with Crippen LogP contribution in [0.1, 0.15) is 39.0 Å². The minimum atomic E-state index is -2.91. The first-order chi connectivity index (χ1) is 6.39. The van der Waals surface area contributed by atoms with Gasteiger partial charge in [-0.3, -0.25) is 0 Å². The van der Waals surface area contributed by atoms with Gasteiger partial charge < -0.3 is 4.79 Å². The molecule has 1 aliphatic carbocycles. The lowest BCUT2D eigenvalue weighted by Crippen LogP contribution is -2.28. The van der Waals surface area contributed by atoms with Crippen molar-refractivity contribution >= 4 is 15.6 Å². The second-order valence-electron chi connectivity index (χ2n) is 4.39. The molecule has 0 aromatic carbocycles. The fraction of sp³-hybridized carbons (Fsp3) is 0.900. The predicted molar refractivity (Wildman–Crippen MR) is 55.9 cm³/mol. The summed E-state index contributed by atoms with van der Waals surface area (Å²) in [5, 5.41) is -0.208. The maximum absolute atomic E-state index is 11.3. The zero-order valence-corrected chi connectivity index (χ0v) is 9.64. The van der Waals surface area contributed by atoms with Crippen LogP contribution in [-0.4, -0.2) is 25.7 Å². The van der Waals surface area contributed by atoms with Gasteiger partial charge in [0.25, 0.3) is 0 Å². The predicted octanol–water partition coefficient (Wildman–Crippen LogP) is 1.57. The average molecular weight is 218 g/mol. The van der Waals surface area contributed by atoms with Gasteiger partial charge in [0.2, 0.25) is 0 Å². The van der Waals surface area contributed by atoms with Crippen molar-refractivity contribution in [2.24, 2.45) is 5.92 Å². The van der Waals surface area contributed by atoms with Crippen LogP contribution in [0.5, 0.6) is 0 Å². The van der Waals surface area contributed by atoms with Crippen molar-refractivity contribution in [1.29, 1.82) is 0 Å². The summed E-state index contributed by atoms with van der Waals surface area (Å²) in [5.41, 5.74) is 0. The van der Waals surface area contributed by atoms with Crippen LogP contribution >= 0.6 is 0 Å². The summed E-state index contributed by atoms with van der Waals surface area (Å²) in [5.74, 6) is 0.463. The van der Waals surface area contributed by atoms with E-state index in [2.05, 4.69) is 0 Å². The molecule has 0 aromatic rings. The highest BCUT2D eigenvalue weighted by Gasteiger charge is 2.29. The molecule has 1 saturated carbocycles. The zero-order valence-electron chi connectivity index (χ0n) is 8.82. The SMILES string of the molecule is CC(=O)CC1CCCC(S(C)(=O)=O)C1. The van der Waals surface area contributed by atoms with Gasteiger partial charge >= 0.3 is 0 Å². The van der Waals surface area contributed by atoms with E-state index >= 15 is 0 Å². The summed E-state index contributed by atoms with van der Waals surface area (Å²) >= 11 is 0. The minimum Gasteiger partial charge on any atom is -0.300 e. The fourth-order valence-electron chi connectivity index (χ4n) is 2.22. The molecule has 0 heterocycles. The van der Waals surface area contributed by atoms with Crippen molar-refractivity contribution in [2.45, 2.75) is 44.3 Å². The van der Waals surface area contributed by atoms with Crippen molar-refractivity contribution in [3.05, 3.63) is 0 Å². The van der Waals surface area contributed by atoms with E-state index in [0.717, 1.165) is 19.3 Å². The van der Waals surface area contributed by atoms with Crippen molar-refractivity contribution in [3.8, 4) is 0 Å². The molecule has 1 rings (SSSR count). The quantitative estimate of drug-likeness (QED) is 0.722. The van der Waals surface area contributed by atoms with Crippen molar-refractivity contribution in [1.82, 2.24) is 0 Å². The third-order valence-electron chi connectivity index (χ3n) is 2.92. The van der Waals surface area contributed by atoms with Crippen molar-refractivity contribution < 1.29 is 13.2 Å². The normalized spacial score (nSPS) is 28.7. The molecule has 14 heavy (non-hydrogen) atoms. The number of carbonyl (C=O) groups excluding carboxylic acids is 1. The van der Waals surface area contributed by atoms with Gasteiger partial charge in [0.1, 0.15) is 15.6 Å². The first-order valence-corrected chi connectivity index (χ1v) is 7.03. The number of rotatable bonds is 3. The Morgan fingerprint density at radius 3 is 2.50 bits per heavy atom. The van der Waals surface area contributed by atoms with Crippen molar-refractivity contribution in [2.75, 3.05) is 6.26 Å². The van der Waals surface area contributed by atoms with Crippen LogP contribution in [-0.2, 0) is 14.6 Å². The summed E-state index contributed by atoms with van der Waals surface area (Å²) in [6.45, 7) is 1.57. The van der Waals surface area contributed by atoms with E-state index in [1.54, 1.807) is 6.92 Å². The number of sulfone groups is 1. The van der Waals surface area contributed by atoms with Crippen LogP contribution in [0.3, 0.4) is 0 Å². The molecule has 0 amide bonds. The molecule has 0 bridgehead atoms. The third kappa shape index (κ3) is 3.40. The molecule has 0 saturated heterocycles. The molecule has 82 valence electrons. The van der Waals surface area contributed by atoms with Gasteiger partial charge in [0.05, 0.1) is 5.25 Å². The highest BCUT2D eigenvalue weighted by molar-refractivity contribution is 7.91. The zero-order chi connectivity index (χ0) is 10.8. The Bertz CT molecular complexity index is 305. The van der Waals surface area contributed by atoms with Crippen LogP contribution < -0.4 is 0 Å². The Morgan fingerprint density at radius 2 is 2.00 bits per heavy atom. The van der Waals surface area contributed by atoms with Crippen LogP contribution in [0, 0.1) is 5.92 Å². The van der Waals surface area contributed by atoms with Gasteiger partial charge in [0, 0.05) is 12.7 Å². The third-order valence-corrected chi connectivity index (χ3v) is 4.56. The van der Waals surface area contributed by atoms with Gasteiger partial charge in [-0.2, -0.15) is 0 Å². The number of ketones is 1. The lowest BCUT2D eigenvalue weighted by Gasteiger charge is -2.27. The van der Waals surface area contributed by atoms with Gasteiger partial charge in [-0.15, -0.1) is 0 Å². The van der Waals surface area contributed by atoms with E-state index < -0.39 is 9.84 Å². The largest absolute Gasteiger partial charge is 0.300 e. The van der Waals surface area contributed by atoms with Crippen molar-refractivity contribution in [3.63, 3.8) is 0 Å². The maximum Gasteiger partial charge on any atom is 0.150 e. The highest BCUT2D eigenvalue weighted by atomic mass is 32.2. The molecule has 4 heteroatoms. The van der Waals surface area contributed by atoms with Gasteiger partial charge in [-0.25, -0.2) is 8.42 Å². The standard InChI is InChI=1S/C10H18O3S/c1-8(11)6-9-4-3-5-10(7-9)14(2,12)13/h9-10H,3-7H2,1-2H3. The summed E-state index contributed by atoms with van der Waals surface area (Å²) in [6.07, 6.45) is 5.24. The molecule has 0 aliphatic heterocycles. The van der Waals surface area contributed by atoms with Crippen LogP contribution in [0.25, 0.3) is 0 Å². The molecule has 0 radical (unpaired) electrons. The number of hydrogen-bond donors (Lipinski definition) is 0. The number of carbonyl (C=O) groups is 1. The first kappa shape index (κ1) is 11.7. The maximum atomic E-state index is 11.3. The molecule has 0 aromatic heterocycles. The second kappa shape index (κ2) is 4.43. The molecular weight excluding hydrogens is 200 g/mol. The Kier molecular flexibility index (Phi) is 3.70. The Morgan fingerprint density at radius 1 is 1.36 bits per heavy atom. The van der Waals surface area contributed by atoms with Gasteiger partial charge in [-0.1, -0.05) is 6.42 Å². The van der Waals surface area contributed by atoms with Gasteiger partial charge in [0.15, 0.2) is 0 Å². The topological polar surface area (TPSA) is 51.2 Å². The highest BCUT2D eigenvalue weighted by Crippen LogP contribution is 2.30. The molecule has 1 fully saturated rings. The Balaban J connectivity index is 2.56. The molecule has 0 spiro atoms. The molecule has 2 atom stereocenters. The van der Waals surface area contributed by atoms with E-state index in [-0.39, 0.29) is 11.0 Å². The lowest BCUT2D eigenvalue weighted by molar-refractivity contribution is -0.118. The van der Waals surface area contributed by atoms with Crippen LogP contribution in [0.2, 0.25) is 0 Å². The number of Topliss-reactive ketones (excluding diaryl/α,β-unsaturated/α-hetero) is 1. The van der Waals surface area contributed by atoms with Crippen LogP contribution in [0.15, 0.2) is 0 Å². The Labute approximate surface area is 85.8 Å². The fourth-order valence-corrected chi connectivity index (χ4v) is 3.44. The van der Waals surface area contributed by atoms with Gasteiger partial charge in [-0.05, 0) is 32.1 Å². The van der Waals surface area contributed by atoms with Crippen LogP contribution in [0.4, 0.5) is 0 Å². The lowest BCUT2D eigenvalue weighted by atomic mass is 9.86. The second-order valence-corrected chi connectivity index (χ2v) is 6.72.